The second-order valence-electron chi connectivity index (χ2n) is 5.20. The van der Waals surface area contributed by atoms with Gasteiger partial charge in [-0.15, -0.1) is 0 Å². The molecule has 1 saturated carbocycles. The maximum Gasteiger partial charge on any atom is 0.311 e. The van der Waals surface area contributed by atoms with Crippen LogP contribution in [-0.2, 0) is 4.79 Å². The van der Waals surface area contributed by atoms with Crippen LogP contribution in [0.3, 0.4) is 0 Å². The normalized spacial score (nSPS) is 17.4. The molecule has 1 heterocycles. The number of hydrogen-bond acceptors (Lipinski definition) is 4. The molecule has 0 radical (unpaired) electrons. The zero-order chi connectivity index (χ0) is 14.6. The van der Waals surface area contributed by atoms with Crippen molar-refractivity contribution in [1.29, 1.82) is 0 Å². The second-order valence-corrected chi connectivity index (χ2v) is 5.20. The van der Waals surface area contributed by atoms with Gasteiger partial charge in [0.15, 0.2) is 5.69 Å². The molecule has 0 atom stereocenters. The van der Waals surface area contributed by atoms with Gasteiger partial charge in [-0.25, -0.2) is 4.98 Å². The third-order valence-corrected chi connectivity index (χ3v) is 3.85. The molecule has 2 rings (SSSR count). The fourth-order valence-corrected chi connectivity index (χ4v) is 2.60. The van der Waals surface area contributed by atoms with E-state index in [0.717, 1.165) is 19.3 Å². The van der Waals surface area contributed by atoms with Crippen LogP contribution < -0.4 is 5.32 Å². The number of aromatic nitrogens is 1. The number of amides is 1. The molecule has 0 spiro atoms. The number of rotatable bonds is 4. The zero-order valence-electron chi connectivity index (χ0n) is 11.1. The summed E-state index contributed by atoms with van der Waals surface area (Å²) in [7, 11) is 0. The van der Waals surface area contributed by atoms with E-state index in [1.807, 2.05) is 0 Å². The van der Waals surface area contributed by atoms with Crippen molar-refractivity contribution in [3.8, 4) is 5.75 Å². The monoisotopic (exact) mass is 278 g/mol. The number of carbonyl (C=O) groups is 2. The molecular weight excluding hydrogens is 260 g/mol. The molecule has 6 heteroatoms. The maximum absolute atomic E-state index is 11.9. The Balaban J connectivity index is 2.05. The minimum absolute atomic E-state index is 0.0666. The molecular formula is C14H18N2O4. The third-order valence-electron chi connectivity index (χ3n) is 3.85. The number of carboxylic acid groups (broad SMARTS) is 1. The van der Waals surface area contributed by atoms with E-state index in [1.165, 1.54) is 18.3 Å². The van der Waals surface area contributed by atoms with Crippen LogP contribution in [0.25, 0.3) is 0 Å². The summed E-state index contributed by atoms with van der Waals surface area (Å²) >= 11 is 0. The predicted octanol–water partition coefficient (Wildman–Crippen LogP) is 1.55. The van der Waals surface area contributed by atoms with Gasteiger partial charge in [0.05, 0.1) is 5.41 Å². The first-order valence-electron chi connectivity index (χ1n) is 6.71. The summed E-state index contributed by atoms with van der Waals surface area (Å²) in [6.45, 7) is 0.0666. The van der Waals surface area contributed by atoms with Crippen LogP contribution in [0.4, 0.5) is 0 Å². The fourth-order valence-electron chi connectivity index (χ4n) is 2.60. The van der Waals surface area contributed by atoms with Gasteiger partial charge in [0.1, 0.15) is 5.75 Å². The molecule has 1 fully saturated rings. The lowest BCUT2D eigenvalue weighted by Crippen LogP contribution is -2.44. The Morgan fingerprint density at radius 1 is 1.30 bits per heavy atom. The molecule has 1 aliphatic carbocycles. The van der Waals surface area contributed by atoms with Gasteiger partial charge < -0.3 is 15.5 Å². The molecule has 20 heavy (non-hydrogen) atoms. The van der Waals surface area contributed by atoms with Crippen LogP contribution in [0.1, 0.15) is 42.6 Å². The Morgan fingerprint density at radius 2 is 2.00 bits per heavy atom. The van der Waals surface area contributed by atoms with E-state index in [9.17, 15) is 19.8 Å². The van der Waals surface area contributed by atoms with Gasteiger partial charge in [-0.3, -0.25) is 9.59 Å². The average Bonchev–Trinajstić information content (AvgIpc) is 2.46. The summed E-state index contributed by atoms with van der Waals surface area (Å²) < 4.78 is 0. The molecule has 108 valence electrons. The molecule has 1 aromatic rings. The van der Waals surface area contributed by atoms with Crippen LogP contribution in [0, 0.1) is 5.41 Å². The van der Waals surface area contributed by atoms with Crippen LogP contribution in [0.5, 0.6) is 5.75 Å². The van der Waals surface area contributed by atoms with E-state index < -0.39 is 17.3 Å². The number of nitrogens with one attached hydrogen (secondary N) is 1. The summed E-state index contributed by atoms with van der Waals surface area (Å²) in [6.07, 6.45) is 5.29. The molecule has 0 aliphatic heterocycles. The lowest BCUT2D eigenvalue weighted by Gasteiger charge is -2.33. The molecule has 1 aromatic heterocycles. The highest BCUT2D eigenvalue weighted by molar-refractivity contribution is 5.95. The molecule has 1 amide bonds. The number of nitrogens with zero attached hydrogens (tertiary/aromatic N) is 1. The van der Waals surface area contributed by atoms with Crippen LogP contribution in [0.2, 0.25) is 0 Å². The van der Waals surface area contributed by atoms with Crippen molar-refractivity contribution < 1.29 is 19.8 Å². The van der Waals surface area contributed by atoms with Crippen molar-refractivity contribution in [2.45, 2.75) is 32.1 Å². The first kappa shape index (κ1) is 14.3. The molecule has 1 aliphatic rings. The van der Waals surface area contributed by atoms with Gasteiger partial charge in [0, 0.05) is 12.7 Å². The first-order valence-corrected chi connectivity index (χ1v) is 6.71. The fraction of sp³-hybridized carbons (Fsp3) is 0.500. The smallest absolute Gasteiger partial charge is 0.311 e. The van der Waals surface area contributed by atoms with Gasteiger partial charge in [0.25, 0.3) is 5.91 Å². The van der Waals surface area contributed by atoms with Crippen molar-refractivity contribution in [3.63, 3.8) is 0 Å². The van der Waals surface area contributed by atoms with E-state index in [4.69, 9.17) is 0 Å². The third kappa shape index (κ3) is 2.89. The quantitative estimate of drug-likeness (QED) is 0.776. The van der Waals surface area contributed by atoms with Crippen LogP contribution in [0.15, 0.2) is 18.3 Å². The lowest BCUT2D eigenvalue weighted by molar-refractivity contribution is -0.150. The molecule has 0 saturated heterocycles. The van der Waals surface area contributed by atoms with E-state index in [1.54, 1.807) is 0 Å². The number of carbonyl (C=O) groups excluding carboxylic acids is 1. The van der Waals surface area contributed by atoms with Gasteiger partial charge in [-0.1, -0.05) is 19.3 Å². The molecule has 0 aromatic carbocycles. The Hall–Kier alpha value is -2.11. The topological polar surface area (TPSA) is 99.5 Å². The summed E-state index contributed by atoms with van der Waals surface area (Å²) in [6, 6.07) is 2.89. The van der Waals surface area contributed by atoms with Crippen molar-refractivity contribution >= 4 is 11.9 Å². The van der Waals surface area contributed by atoms with Gasteiger partial charge in [-0.05, 0) is 25.0 Å². The number of carboxylic acids is 1. The predicted molar refractivity (Wildman–Crippen MR) is 71.4 cm³/mol. The zero-order valence-corrected chi connectivity index (χ0v) is 11.1. The highest BCUT2D eigenvalue weighted by Gasteiger charge is 2.39. The number of pyridine rings is 1. The van der Waals surface area contributed by atoms with E-state index in [-0.39, 0.29) is 18.0 Å². The first-order chi connectivity index (χ1) is 9.55. The maximum atomic E-state index is 11.9. The number of aromatic hydroxyl groups is 1. The van der Waals surface area contributed by atoms with Gasteiger partial charge >= 0.3 is 5.97 Å². The van der Waals surface area contributed by atoms with Crippen molar-refractivity contribution in [2.75, 3.05) is 6.54 Å². The summed E-state index contributed by atoms with van der Waals surface area (Å²) in [4.78, 5) is 27.2. The molecule has 3 N–H and O–H groups in total. The minimum Gasteiger partial charge on any atom is -0.505 e. The second kappa shape index (κ2) is 5.90. The number of aliphatic carboxylic acids is 1. The van der Waals surface area contributed by atoms with Gasteiger partial charge in [0.2, 0.25) is 0 Å². The summed E-state index contributed by atoms with van der Waals surface area (Å²) in [5.41, 5.74) is -0.970. The molecule has 6 nitrogen and oxygen atoms in total. The van der Waals surface area contributed by atoms with Gasteiger partial charge in [-0.2, -0.15) is 0 Å². The summed E-state index contributed by atoms with van der Waals surface area (Å²) in [5, 5.41) is 21.6. The van der Waals surface area contributed by atoms with E-state index in [2.05, 4.69) is 10.3 Å². The SMILES string of the molecule is O=C(NCC1(C(=O)O)CCCCC1)c1ncccc1O. The molecule has 0 bridgehead atoms. The Labute approximate surface area is 116 Å². The standard InChI is InChI=1S/C14H18N2O4/c17-10-5-4-8-15-11(10)12(18)16-9-14(13(19)20)6-2-1-3-7-14/h4-5,8,17H,1-3,6-7,9H2,(H,16,18)(H,19,20). The van der Waals surface area contributed by atoms with Crippen molar-refractivity contribution in [1.82, 2.24) is 10.3 Å². The van der Waals surface area contributed by atoms with Crippen LogP contribution >= 0.6 is 0 Å². The molecule has 0 unspecified atom stereocenters. The Bertz CT molecular complexity index is 510. The van der Waals surface area contributed by atoms with Crippen molar-refractivity contribution in [2.24, 2.45) is 5.41 Å². The minimum atomic E-state index is -0.891. The highest BCUT2D eigenvalue weighted by atomic mass is 16.4. The summed E-state index contributed by atoms with van der Waals surface area (Å²) in [5.74, 6) is -1.63. The Kier molecular flexibility index (Phi) is 4.22. The largest absolute Gasteiger partial charge is 0.505 e. The lowest BCUT2D eigenvalue weighted by atomic mass is 9.74. The average molecular weight is 278 g/mol. The van der Waals surface area contributed by atoms with E-state index in [0.29, 0.717) is 12.8 Å². The Morgan fingerprint density at radius 3 is 2.60 bits per heavy atom. The van der Waals surface area contributed by atoms with E-state index >= 15 is 0 Å². The van der Waals surface area contributed by atoms with Crippen molar-refractivity contribution in [3.05, 3.63) is 24.0 Å². The van der Waals surface area contributed by atoms with Crippen LogP contribution in [-0.4, -0.2) is 33.6 Å². The number of hydrogen-bond donors (Lipinski definition) is 3. The highest BCUT2D eigenvalue weighted by Crippen LogP contribution is 2.36.